The highest BCUT2D eigenvalue weighted by atomic mass is 16.5. The molecule has 7 N–H and O–H groups in total. The number of urea groups is 2. The lowest BCUT2D eigenvalue weighted by Gasteiger charge is -2.35. The molecular formula is C40H69N9O8. The van der Waals surface area contributed by atoms with Gasteiger partial charge in [-0.1, -0.05) is 58.0 Å². The Labute approximate surface area is 338 Å². The minimum Gasteiger partial charge on any atom is -0.390 e. The molecule has 1 aromatic rings. The maximum atomic E-state index is 13.9. The molecule has 57 heavy (non-hydrogen) atoms. The zero-order valence-electron chi connectivity index (χ0n) is 34.5. The number of ether oxygens (including phenoxy) is 3. The maximum absolute atomic E-state index is 13.9. The molecule has 3 saturated heterocycles. The Morgan fingerprint density at radius 2 is 1.21 bits per heavy atom. The van der Waals surface area contributed by atoms with Crippen molar-refractivity contribution in [1.82, 2.24) is 46.8 Å². The van der Waals surface area contributed by atoms with E-state index in [1.807, 2.05) is 58.0 Å². The summed E-state index contributed by atoms with van der Waals surface area (Å²) in [5.74, 6) is -1.10. The Morgan fingerprint density at radius 1 is 0.719 bits per heavy atom. The molecule has 1 aromatic carbocycles. The van der Waals surface area contributed by atoms with Crippen LogP contribution in [0.3, 0.4) is 0 Å². The van der Waals surface area contributed by atoms with Crippen LogP contribution in [0.5, 0.6) is 0 Å². The zero-order chi connectivity index (χ0) is 41.0. The van der Waals surface area contributed by atoms with E-state index < -0.39 is 48.1 Å². The summed E-state index contributed by atoms with van der Waals surface area (Å²) in [5, 5.41) is 28.1. The largest absolute Gasteiger partial charge is 0.390 e. The van der Waals surface area contributed by atoms with Gasteiger partial charge in [-0.15, -0.1) is 0 Å². The van der Waals surface area contributed by atoms with Crippen molar-refractivity contribution in [3.8, 4) is 0 Å². The molecule has 0 aromatic heterocycles. The fourth-order valence-electron chi connectivity index (χ4n) is 7.17. The molecule has 0 spiro atoms. The van der Waals surface area contributed by atoms with Gasteiger partial charge in [0, 0.05) is 78.7 Å². The number of carbonyl (C=O) groups excluding carboxylic acids is 4. The average Bonchev–Trinajstić information content (AvgIpc) is 3.20. The van der Waals surface area contributed by atoms with Gasteiger partial charge in [0.15, 0.2) is 0 Å². The van der Waals surface area contributed by atoms with E-state index in [1.54, 1.807) is 5.01 Å². The van der Waals surface area contributed by atoms with Gasteiger partial charge in [-0.25, -0.2) is 14.6 Å². The molecule has 0 saturated carbocycles. The van der Waals surface area contributed by atoms with Crippen LogP contribution in [0.4, 0.5) is 9.59 Å². The number of aliphatic hydroxyl groups is 1. The van der Waals surface area contributed by atoms with E-state index in [0.717, 1.165) is 44.6 Å². The van der Waals surface area contributed by atoms with Crippen molar-refractivity contribution in [2.75, 3.05) is 105 Å². The quantitative estimate of drug-likeness (QED) is 0.0836. The first-order valence-electron chi connectivity index (χ1n) is 20.8. The molecule has 3 aliphatic rings. The summed E-state index contributed by atoms with van der Waals surface area (Å²) >= 11 is 0. The molecule has 0 radical (unpaired) electrons. The van der Waals surface area contributed by atoms with E-state index in [-0.39, 0.29) is 24.3 Å². The van der Waals surface area contributed by atoms with Crippen LogP contribution in [0.25, 0.3) is 0 Å². The van der Waals surface area contributed by atoms with Crippen molar-refractivity contribution >= 4 is 23.9 Å². The SMILES string of the molecule is CC(C)[C@H](NC(=O)NCCN1CCOCC1)C(=O)N[C@@H](Cc1ccccc1)[C@@H](O)CN(CC1CCOCC1)NC(=O)[C@@H](NC(=O)NCCN1CCOCC1)C(C)C. The summed E-state index contributed by atoms with van der Waals surface area (Å²) in [5.41, 5.74) is 3.92. The van der Waals surface area contributed by atoms with Crippen LogP contribution in [0.1, 0.15) is 46.1 Å². The van der Waals surface area contributed by atoms with E-state index in [1.165, 1.54) is 0 Å². The fraction of sp³-hybridized carbons (Fsp3) is 0.750. The monoisotopic (exact) mass is 804 g/mol. The number of nitrogens with one attached hydrogen (secondary N) is 6. The number of hydrazine groups is 1. The Bertz CT molecular complexity index is 1340. The molecule has 0 bridgehead atoms. The number of hydrogen-bond donors (Lipinski definition) is 7. The summed E-state index contributed by atoms with van der Waals surface area (Å²) in [7, 11) is 0. The Hall–Kier alpha value is -3.58. The van der Waals surface area contributed by atoms with Gasteiger partial charge >= 0.3 is 12.1 Å². The minimum atomic E-state index is -1.13. The van der Waals surface area contributed by atoms with Gasteiger partial charge in [-0.05, 0) is 42.6 Å². The second-order valence-corrected chi connectivity index (χ2v) is 16.0. The van der Waals surface area contributed by atoms with E-state index in [4.69, 9.17) is 14.2 Å². The van der Waals surface area contributed by atoms with Gasteiger partial charge in [0.1, 0.15) is 12.1 Å². The molecule has 4 rings (SSSR count). The third-order valence-electron chi connectivity index (χ3n) is 10.7. The third-order valence-corrected chi connectivity index (χ3v) is 10.7. The van der Waals surface area contributed by atoms with Crippen LogP contribution in [-0.4, -0.2) is 173 Å². The van der Waals surface area contributed by atoms with Crippen molar-refractivity contribution in [2.45, 2.75) is 71.2 Å². The number of aliphatic hydroxyl groups excluding tert-OH is 1. The van der Waals surface area contributed by atoms with Crippen molar-refractivity contribution in [1.29, 1.82) is 0 Å². The molecule has 17 heteroatoms. The Kier molecular flexibility index (Phi) is 20.2. The maximum Gasteiger partial charge on any atom is 0.315 e. The number of rotatable bonds is 21. The normalized spacial score (nSPS) is 19.4. The topological polar surface area (TPSA) is 198 Å². The van der Waals surface area contributed by atoms with E-state index in [9.17, 15) is 24.3 Å². The van der Waals surface area contributed by atoms with Gasteiger partial charge in [0.05, 0.1) is 38.6 Å². The van der Waals surface area contributed by atoms with Gasteiger partial charge in [0.2, 0.25) is 5.91 Å². The first-order chi connectivity index (χ1) is 27.5. The van der Waals surface area contributed by atoms with Gasteiger partial charge in [-0.3, -0.25) is 24.8 Å². The number of benzene rings is 1. The average molecular weight is 804 g/mol. The number of nitrogens with zero attached hydrogens (tertiary/aromatic N) is 3. The Balaban J connectivity index is 1.41. The molecule has 0 unspecified atom stereocenters. The number of amides is 6. The second-order valence-electron chi connectivity index (χ2n) is 16.0. The molecule has 3 aliphatic heterocycles. The van der Waals surface area contributed by atoms with Crippen LogP contribution in [0.15, 0.2) is 30.3 Å². The molecule has 322 valence electrons. The number of carbonyl (C=O) groups is 4. The molecule has 0 aliphatic carbocycles. The summed E-state index contributed by atoms with van der Waals surface area (Å²) < 4.78 is 16.4. The molecule has 17 nitrogen and oxygen atoms in total. The van der Waals surface area contributed by atoms with Gasteiger partial charge in [-0.2, -0.15) is 0 Å². The predicted molar refractivity (Wildman–Crippen MR) is 216 cm³/mol. The number of hydrogen-bond acceptors (Lipinski definition) is 11. The van der Waals surface area contributed by atoms with Crippen LogP contribution >= 0.6 is 0 Å². The van der Waals surface area contributed by atoms with E-state index in [2.05, 4.69) is 41.8 Å². The molecule has 6 amide bonds. The van der Waals surface area contributed by atoms with Crippen molar-refractivity contribution in [2.24, 2.45) is 17.8 Å². The van der Waals surface area contributed by atoms with E-state index in [0.29, 0.717) is 78.8 Å². The second kappa shape index (κ2) is 25.0. The zero-order valence-corrected chi connectivity index (χ0v) is 34.5. The fourth-order valence-corrected chi connectivity index (χ4v) is 7.17. The lowest BCUT2D eigenvalue weighted by molar-refractivity contribution is -0.131. The summed E-state index contributed by atoms with van der Waals surface area (Å²) in [4.78, 5) is 58.1. The lowest BCUT2D eigenvalue weighted by Crippen LogP contribution is -2.60. The summed E-state index contributed by atoms with van der Waals surface area (Å²) in [6.45, 7) is 17.2. The highest BCUT2D eigenvalue weighted by Crippen LogP contribution is 2.17. The summed E-state index contributed by atoms with van der Waals surface area (Å²) in [6, 6.07) is 6.20. The Morgan fingerprint density at radius 3 is 1.72 bits per heavy atom. The molecule has 3 fully saturated rings. The predicted octanol–water partition coefficient (Wildman–Crippen LogP) is 0.147. The number of morpholine rings is 2. The van der Waals surface area contributed by atoms with E-state index >= 15 is 0 Å². The van der Waals surface area contributed by atoms with Crippen LogP contribution in [0, 0.1) is 17.8 Å². The van der Waals surface area contributed by atoms with Crippen LogP contribution < -0.4 is 32.0 Å². The highest BCUT2D eigenvalue weighted by Gasteiger charge is 2.33. The minimum absolute atomic E-state index is 0.000756. The van der Waals surface area contributed by atoms with Crippen molar-refractivity contribution in [3.05, 3.63) is 35.9 Å². The van der Waals surface area contributed by atoms with Crippen LogP contribution in [0.2, 0.25) is 0 Å². The lowest BCUT2D eigenvalue weighted by atomic mass is 9.97. The molecule has 3 heterocycles. The molecule has 4 atom stereocenters. The highest BCUT2D eigenvalue weighted by molar-refractivity contribution is 5.88. The van der Waals surface area contributed by atoms with Gasteiger partial charge in [0.25, 0.3) is 5.91 Å². The third kappa shape index (κ3) is 17.0. The van der Waals surface area contributed by atoms with Crippen LogP contribution in [-0.2, 0) is 30.2 Å². The standard InChI is InChI=1S/C40H69N9O8/c1-29(2)35(44-39(53)41-12-14-47-16-22-56-23-17-47)37(51)43-33(26-31-8-6-5-7-9-31)34(50)28-49(27-32-10-20-55-21-11-32)46-38(52)36(30(3)4)45-40(54)42-13-15-48-18-24-57-25-19-48/h5-9,29-30,32-36,50H,10-28H2,1-4H3,(H,43,51)(H,46,52)(H2,41,44,53)(H2,42,45,54)/t33-,34-,35-,36-/m0/s1. The summed E-state index contributed by atoms with van der Waals surface area (Å²) in [6.07, 6.45) is 0.767. The molecular weight excluding hydrogens is 734 g/mol. The first-order valence-corrected chi connectivity index (χ1v) is 20.8. The smallest absolute Gasteiger partial charge is 0.315 e. The van der Waals surface area contributed by atoms with Gasteiger partial charge < -0.3 is 45.9 Å². The van der Waals surface area contributed by atoms with Crippen molar-refractivity contribution in [3.63, 3.8) is 0 Å². The first kappa shape index (κ1) is 46.1. The van der Waals surface area contributed by atoms with Crippen molar-refractivity contribution < 1.29 is 38.5 Å².